The highest BCUT2D eigenvalue weighted by atomic mass is 35.5. The average molecular weight is 245 g/mol. The largest absolute Gasteiger partial charge is 0.338 e. The van der Waals surface area contributed by atoms with Crippen LogP contribution in [0.25, 0.3) is 0 Å². The zero-order valence-corrected chi connectivity index (χ0v) is 10.1. The molecule has 0 radical (unpaired) electrons. The Morgan fingerprint density at radius 1 is 1.80 bits per heavy atom. The Kier molecular flexibility index (Phi) is 3.26. The van der Waals surface area contributed by atoms with Gasteiger partial charge in [0.1, 0.15) is 4.88 Å². The van der Waals surface area contributed by atoms with Crippen molar-refractivity contribution >= 4 is 28.8 Å². The highest BCUT2D eigenvalue weighted by Crippen LogP contribution is 2.21. The lowest BCUT2D eigenvalue weighted by Gasteiger charge is -2.14. The summed E-state index contributed by atoms with van der Waals surface area (Å²) in [4.78, 5) is 18.7. The first-order valence-electron chi connectivity index (χ1n) is 4.98. The molecule has 1 saturated heterocycles. The lowest BCUT2D eigenvalue weighted by atomic mass is 10.2. The fraction of sp³-hybridized carbons (Fsp3) is 0.600. The summed E-state index contributed by atoms with van der Waals surface area (Å²) in [5.41, 5.74) is 0. The van der Waals surface area contributed by atoms with Crippen LogP contribution in [0, 0.1) is 12.8 Å². The molecule has 1 aliphatic heterocycles. The van der Waals surface area contributed by atoms with Crippen molar-refractivity contribution in [2.45, 2.75) is 13.3 Å². The Labute approximate surface area is 98.1 Å². The van der Waals surface area contributed by atoms with Gasteiger partial charge in [-0.15, -0.1) is 22.9 Å². The third-order valence-electron chi connectivity index (χ3n) is 2.62. The molecule has 0 spiro atoms. The number of thiazole rings is 1. The van der Waals surface area contributed by atoms with E-state index >= 15 is 0 Å². The SMILES string of the molecule is Cc1ncc(C(=O)N2CCC(CCl)C2)s1. The number of aromatic nitrogens is 1. The van der Waals surface area contributed by atoms with Crippen LogP contribution < -0.4 is 0 Å². The summed E-state index contributed by atoms with van der Waals surface area (Å²) in [6.07, 6.45) is 2.68. The van der Waals surface area contributed by atoms with Gasteiger partial charge in [0.15, 0.2) is 0 Å². The smallest absolute Gasteiger partial charge is 0.265 e. The Bertz CT molecular complexity index is 366. The summed E-state index contributed by atoms with van der Waals surface area (Å²) in [6, 6.07) is 0. The molecule has 82 valence electrons. The van der Waals surface area contributed by atoms with Crippen molar-refractivity contribution in [1.82, 2.24) is 9.88 Å². The van der Waals surface area contributed by atoms with Crippen LogP contribution in [0.3, 0.4) is 0 Å². The van der Waals surface area contributed by atoms with E-state index in [1.165, 1.54) is 11.3 Å². The number of likely N-dealkylation sites (tertiary alicyclic amines) is 1. The van der Waals surface area contributed by atoms with Gasteiger partial charge in [0.05, 0.1) is 11.2 Å². The summed E-state index contributed by atoms with van der Waals surface area (Å²) >= 11 is 7.24. The molecule has 1 aliphatic rings. The highest BCUT2D eigenvalue weighted by Gasteiger charge is 2.27. The number of aryl methyl sites for hydroxylation is 1. The number of amides is 1. The second-order valence-electron chi connectivity index (χ2n) is 3.80. The van der Waals surface area contributed by atoms with E-state index in [2.05, 4.69) is 4.98 Å². The van der Waals surface area contributed by atoms with Crippen LogP contribution in [0.2, 0.25) is 0 Å². The number of carbonyl (C=O) groups is 1. The van der Waals surface area contributed by atoms with Gasteiger partial charge >= 0.3 is 0 Å². The lowest BCUT2D eigenvalue weighted by molar-refractivity contribution is 0.0793. The molecule has 0 N–H and O–H groups in total. The number of hydrogen-bond donors (Lipinski definition) is 0. The van der Waals surface area contributed by atoms with Gasteiger partial charge < -0.3 is 4.90 Å². The van der Waals surface area contributed by atoms with Gasteiger partial charge in [0.2, 0.25) is 0 Å². The van der Waals surface area contributed by atoms with Crippen molar-refractivity contribution in [3.8, 4) is 0 Å². The van der Waals surface area contributed by atoms with Gasteiger partial charge in [-0.1, -0.05) is 0 Å². The molecule has 1 unspecified atom stereocenters. The first-order chi connectivity index (χ1) is 7.20. The number of rotatable bonds is 2. The summed E-state index contributed by atoms with van der Waals surface area (Å²) in [6.45, 7) is 3.53. The summed E-state index contributed by atoms with van der Waals surface area (Å²) in [5.74, 6) is 1.21. The third kappa shape index (κ3) is 2.32. The topological polar surface area (TPSA) is 33.2 Å². The zero-order valence-electron chi connectivity index (χ0n) is 8.57. The molecule has 2 rings (SSSR count). The number of nitrogens with zero attached hydrogens (tertiary/aromatic N) is 2. The fourth-order valence-electron chi connectivity index (χ4n) is 1.76. The molecule has 2 heterocycles. The zero-order chi connectivity index (χ0) is 10.8. The van der Waals surface area contributed by atoms with E-state index in [-0.39, 0.29) is 5.91 Å². The number of hydrogen-bond acceptors (Lipinski definition) is 3. The second kappa shape index (κ2) is 4.49. The van der Waals surface area contributed by atoms with Crippen molar-refractivity contribution in [3.05, 3.63) is 16.1 Å². The van der Waals surface area contributed by atoms with Crippen molar-refractivity contribution < 1.29 is 4.79 Å². The number of halogens is 1. The van der Waals surface area contributed by atoms with E-state index in [1.807, 2.05) is 11.8 Å². The molecule has 0 aromatic carbocycles. The lowest BCUT2D eigenvalue weighted by Crippen LogP contribution is -2.28. The molecule has 0 saturated carbocycles. The molecule has 1 amide bonds. The molecule has 1 atom stereocenters. The third-order valence-corrected chi connectivity index (χ3v) is 3.96. The standard InChI is InChI=1S/C10H13ClN2OS/c1-7-12-5-9(15-7)10(14)13-3-2-8(4-11)6-13/h5,8H,2-4,6H2,1H3. The van der Waals surface area contributed by atoms with Gasteiger partial charge in [-0.2, -0.15) is 0 Å². The molecule has 15 heavy (non-hydrogen) atoms. The quantitative estimate of drug-likeness (QED) is 0.747. The van der Waals surface area contributed by atoms with Crippen LogP contribution in [-0.4, -0.2) is 34.8 Å². The Morgan fingerprint density at radius 2 is 2.60 bits per heavy atom. The van der Waals surface area contributed by atoms with E-state index < -0.39 is 0 Å². The van der Waals surface area contributed by atoms with E-state index in [0.717, 1.165) is 29.4 Å². The van der Waals surface area contributed by atoms with Crippen LogP contribution in [0.15, 0.2) is 6.20 Å². The van der Waals surface area contributed by atoms with Gasteiger partial charge in [0.25, 0.3) is 5.91 Å². The minimum atomic E-state index is 0.105. The maximum Gasteiger partial charge on any atom is 0.265 e. The van der Waals surface area contributed by atoms with Crippen molar-refractivity contribution in [2.75, 3.05) is 19.0 Å². The normalized spacial score (nSPS) is 20.9. The average Bonchev–Trinajstić information content (AvgIpc) is 2.84. The van der Waals surface area contributed by atoms with E-state index in [4.69, 9.17) is 11.6 Å². The molecule has 5 heteroatoms. The van der Waals surface area contributed by atoms with Crippen LogP contribution in [0.1, 0.15) is 21.1 Å². The van der Waals surface area contributed by atoms with Crippen LogP contribution in [-0.2, 0) is 0 Å². The summed E-state index contributed by atoms with van der Waals surface area (Å²) < 4.78 is 0. The molecule has 0 aliphatic carbocycles. The van der Waals surface area contributed by atoms with Crippen LogP contribution in [0.4, 0.5) is 0 Å². The number of carbonyl (C=O) groups excluding carboxylic acids is 1. The molecule has 1 fully saturated rings. The summed E-state index contributed by atoms with van der Waals surface area (Å²) in [5, 5.41) is 0.937. The van der Waals surface area contributed by atoms with Crippen LogP contribution >= 0.6 is 22.9 Å². The molecular weight excluding hydrogens is 232 g/mol. The maximum atomic E-state index is 12.0. The van der Waals surface area contributed by atoms with E-state index in [0.29, 0.717) is 11.8 Å². The van der Waals surface area contributed by atoms with Gasteiger partial charge in [-0.3, -0.25) is 4.79 Å². The van der Waals surface area contributed by atoms with Gasteiger partial charge in [0, 0.05) is 19.0 Å². The molecule has 0 bridgehead atoms. The Hall–Kier alpha value is -0.610. The Balaban J connectivity index is 2.03. The highest BCUT2D eigenvalue weighted by molar-refractivity contribution is 7.13. The van der Waals surface area contributed by atoms with Crippen LogP contribution in [0.5, 0.6) is 0 Å². The minimum Gasteiger partial charge on any atom is -0.338 e. The van der Waals surface area contributed by atoms with Crippen molar-refractivity contribution in [2.24, 2.45) is 5.92 Å². The minimum absolute atomic E-state index is 0.105. The summed E-state index contributed by atoms with van der Waals surface area (Å²) in [7, 11) is 0. The monoisotopic (exact) mass is 244 g/mol. The first-order valence-corrected chi connectivity index (χ1v) is 6.33. The fourth-order valence-corrected chi connectivity index (χ4v) is 2.76. The first kappa shape index (κ1) is 10.9. The Morgan fingerprint density at radius 3 is 3.13 bits per heavy atom. The van der Waals surface area contributed by atoms with Gasteiger partial charge in [-0.05, 0) is 19.3 Å². The van der Waals surface area contributed by atoms with E-state index in [1.54, 1.807) is 6.20 Å². The van der Waals surface area contributed by atoms with Gasteiger partial charge in [-0.25, -0.2) is 4.98 Å². The molecule has 1 aromatic rings. The number of alkyl halides is 1. The predicted molar refractivity (Wildman–Crippen MR) is 61.6 cm³/mol. The van der Waals surface area contributed by atoms with E-state index in [9.17, 15) is 4.79 Å². The second-order valence-corrected chi connectivity index (χ2v) is 5.35. The molecular formula is C10H13ClN2OS. The molecule has 3 nitrogen and oxygen atoms in total. The maximum absolute atomic E-state index is 12.0. The van der Waals surface area contributed by atoms with Crippen molar-refractivity contribution in [3.63, 3.8) is 0 Å². The predicted octanol–water partition coefficient (Wildman–Crippen LogP) is 2.15. The molecule has 1 aromatic heterocycles. The van der Waals surface area contributed by atoms with Crippen molar-refractivity contribution in [1.29, 1.82) is 0 Å².